The van der Waals surface area contributed by atoms with Crippen LogP contribution in [0, 0.1) is 11.3 Å². The summed E-state index contributed by atoms with van der Waals surface area (Å²) in [6, 6.07) is 0.809. The Morgan fingerprint density at radius 3 is 3.00 bits per heavy atom. The molecule has 11 heavy (non-hydrogen) atoms. The standard InChI is InChI=1S/C9H17NS/c1-9(2)6-11-5-7-3-4-10-8(7)9/h7-8,10H,3-6H2,1-2H3. The smallest absolute Gasteiger partial charge is 0.0163 e. The molecule has 2 atom stereocenters. The van der Waals surface area contributed by atoms with E-state index in [0.29, 0.717) is 5.41 Å². The molecule has 2 heteroatoms. The number of thioether (sulfide) groups is 1. The van der Waals surface area contributed by atoms with Gasteiger partial charge in [-0.15, -0.1) is 0 Å². The summed E-state index contributed by atoms with van der Waals surface area (Å²) in [5.74, 6) is 3.69. The highest BCUT2D eigenvalue weighted by atomic mass is 32.2. The van der Waals surface area contributed by atoms with Crippen LogP contribution in [0.5, 0.6) is 0 Å². The van der Waals surface area contributed by atoms with Gasteiger partial charge in [0.05, 0.1) is 0 Å². The Balaban J connectivity index is 2.13. The highest BCUT2D eigenvalue weighted by Crippen LogP contribution is 2.40. The lowest BCUT2D eigenvalue weighted by Gasteiger charge is -2.39. The van der Waals surface area contributed by atoms with Gasteiger partial charge in [0.15, 0.2) is 0 Å². The predicted molar refractivity (Wildman–Crippen MR) is 51.0 cm³/mol. The summed E-state index contributed by atoms with van der Waals surface area (Å²) < 4.78 is 0. The second-order valence-electron chi connectivity index (χ2n) is 4.48. The Hall–Kier alpha value is 0.310. The third kappa shape index (κ3) is 1.31. The molecule has 0 aromatic rings. The van der Waals surface area contributed by atoms with Crippen LogP contribution < -0.4 is 5.32 Å². The lowest BCUT2D eigenvalue weighted by molar-refractivity contribution is 0.249. The molecule has 2 aliphatic heterocycles. The van der Waals surface area contributed by atoms with E-state index in [1.54, 1.807) is 0 Å². The van der Waals surface area contributed by atoms with Gasteiger partial charge in [-0.05, 0) is 35.8 Å². The Labute approximate surface area is 73.3 Å². The van der Waals surface area contributed by atoms with E-state index in [1.807, 2.05) is 0 Å². The van der Waals surface area contributed by atoms with Gasteiger partial charge < -0.3 is 5.32 Å². The van der Waals surface area contributed by atoms with Gasteiger partial charge in [-0.1, -0.05) is 13.8 Å². The first kappa shape index (κ1) is 7.93. The molecule has 0 radical (unpaired) electrons. The summed E-state index contributed by atoms with van der Waals surface area (Å²) in [7, 11) is 0. The maximum atomic E-state index is 3.64. The molecular weight excluding hydrogens is 154 g/mol. The van der Waals surface area contributed by atoms with Crippen LogP contribution in [0.4, 0.5) is 0 Å². The van der Waals surface area contributed by atoms with Crippen molar-refractivity contribution < 1.29 is 0 Å². The van der Waals surface area contributed by atoms with Crippen LogP contribution in [0.2, 0.25) is 0 Å². The fourth-order valence-corrected chi connectivity index (χ4v) is 3.90. The average Bonchev–Trinajstić information content (AvgIpc) is 2.34. The maximum Gasteiger partial charge on any atom is 0.0163 e. The number of nitrogens with one attached hydrogen (secondary N) is 1. The van der Waals surface area contributed by atoms with Crippen LogP contribution in [0.1, 0.15) is 20.3 Å². The molecule has 2 saturated heterocycles. The Morgan fingerprint density at radius 2 is 2.27 bits per heavy atom. The van der Waals surface area contributed by atoms with E-state index in [9.17, 15) is 0 Å². The largest absolute Gasteiger partial charge is 0.313 e. The summed E-state index contributed by atoms with van der Waals surface area (Å²) >= 11 is 2.14. The lowest BCUT2D eigenvalue weighted by atomic mass is 9.80. The molecule has 2 aliphatic rings. The van der Waals surface area contributed by atoms with Crippen molar-refractivity contribution in [3.05, 3.63) is 0 Å². The monoisotopic (exact) mass is 171 g/mol. The minimum absolute atomic E-state index is 0.532. The highest BCUT2D eigenvalue weighted by Gasteiger charge is 2.41. The van der Waals surface area contributed by atoms with E-state index < -0.39 is 0 Å². The van der Waals surface area contributed by atoms with E-state index in [-0.39, 0.29) is 0 Å². The van der Waals surface area contributed by atoms with Crippen LogP contribution >= 0.6 is 11.8 Å². The molecule has 0 amide bonds. The van der Waals surface area contributed by atoms with Crippen LogP contribution in [-0.4, -0.2) is 24.1 Å². The maximum absolute atomic E-state index is 3.64. The molecule has 2 heterocycles. The first-order valence-corrected chi connectivity index (χ1v) is 5.67. The topological polar surface area (TPSA) is 12.0 Å². The van der Waals surface area contributed by atoms with Gasteiger partial charge in [0.2, 0.25) is 0 Å². The van der Waals surface area contributed by atoms with E-state index in [0.717, 1.165) is 12.0 Å². The van der Waals surface area contributed by atoms with Gasteiger partial charge in [0, 0.05) is 6.04 Å². The first-order chi connectivity index (χ1) is 5.20. The van der Waals surface area contributed by atoms with Gasteiger partial charge in [-0.3, -0.25) is 0 Å². The molecule has 1 nitrogen and oxygen atoms in total. The fourth-order valence-electron chi connectivity index (χ4n) is 2.41. The minimum Gasteiger partial charge on any atom is -0.313 e. The molecule has 0 bridgehead atoms. The van der Waals surface area contributed by atoms with Crippen molar-refractivity contribution in [2.24, 2.45) is 11.3 Å². The number of rotatable bonds is 0. The molecule has 2 fully saturated rings. The van der Waals surface area contributed by atoms with E-state index >= 15 is 0 Å². The Bertz CT molecular complexity index is 156. The van der Waals surface area contributed by atoms with Gasteiger partial charge in [-0.25, -0.2) is 0 Å². The first-order valence-electron chi connectivity index (χ1n) is 4.51. The summed E-state index contributed by atoms with van der Waals surface area (Å²) in [5.41, 5.74) is 0.532. The van der Waals surface area contributed by atoms with Crippen molar-refractivity contribution in [2.75, 3.05) is 18.1 Å². The fraction of sp³-hybridized carbons (Fsp3) is 1.00. The SMILES string of the molecule is CC1(C)CSCC2CCNC21. The van der Waals surface area contributed by atoms with Crippen LogP contribution in [-0.2, 0) is 0 Å². The zero-order valence-corrected chi connectivity index (χ0v) is 8.21. The number of hydrogen-bond acceptors (Lipinski definition) is 2. The van der Waals surface area contributed by atoms with Crippen molar-refractivity contribution in [3.8, 4) is 0 Å². The molecular formula is C9H17NS. The quantitative estimate of drug-likeness (QED) is 0.596. The third-order valence-corrected chi connectivity index (χ3v) is 4.61. The van der Waals surface area contributed by atoms with Gasteiger partial charge >= 0.3 is 0 Å². The molecule has 0 aromatic heterocycles. The number of hydrogen-bond donors (Lipinski definition) is 1. The van der Waals surface area contributed by atoms with E-state index in [4.69, 9.17) is 0 Å². The van der Waals surface area contributed by atoms with E-state index in [1.165, 1.54) is 24.5 Å². The van der Waals surface area contributed by atoms with Crippen LogP contribution in [0.15, 0.2) is 0 Å². The van der Waals surface area contributed by atoms with Crippen molar-refractivity contribution in [3.63, 3.8) is 0 Å². The molecule has 1 N–H and O–H groups in total. The number of fused-ring (bicyclic) bond motifs is 1. The zero-order chi connectivity index (χ0) is 7.90. The second kappa shape index (κ2) is 2.67. The normalized spacial score (nSPS) is 42.0. The molecule has 2 unspecified atom stereocenters. The summed E-state index contributed by atoms with van der Waals surface area (Å²) in [4.78, 5) is 0. The van der Waals surface area contributed by atoms with Crippen molar-refractivity contribution in [1.82, 2.24) is 5.32 Å². The Kier molecular flexibility index (Phi) is 1.92. The van der Waals surface area contributed by atoms with Gasteiger partial charge in [-0.2, -0.15) is 11.8 Å². The third-order valence-electron chi connectivity index (χ3n) is 3.00. The van der Waals surface area contributed by atoms with Gasteiger partial charge in [0.25, 0.3) is 0 Å². The lowest BCUT2D eigenvalue weighted by Crippen LogP contribution is -2.46. The molecule has 0 spiro atoms. The summed E-state index contributed by atoms with van der Waals surface area (Å²) in [6.07, 6.45) is 1.40. The van der Waals surface area contributed by atoms with Crippen molar-refractivity contribution in [1.29, 1.82) is 0 Å². The molecule has 0 aromatic carbocycles. The minimum atomic E-state index is 0.532. The van der Waals surface area contributed by atoms with Gasteiger partial charge in [0.1, 0.15) is 0 Å². The van der Waals surface area contributed by atoms with Crippen LogP contribution in [0.3, 0.4) is 0 Å². The summed E-state index contributed by atoms with van der Waals surface area (Å²) in [5, 5.41) is 3.64. The zero-order valence-electron chi connectivity index (χ0n) is 7.39. The van der Waals surface area contributed by atoms with Crippen LogP contribution in [0.25, 0.3) is 0 Å². The van der Waals surface area contributed by atoms with Crippen molar-refractivity contribution >= 4 is 11.8 Å². The molecule has 0 saturated carbocycles. The molecule has 64 valence electrons. The average molecular weight is 171 g/mol. The highest BCUT2D eigenvalue weighted by molar-refractivity contribution is 7.99. The van der Waals surface area contributed by atoms with E-state index in [2.05, 4.69) is 30.9 Å². The second-order valence-corrected chi connectivity index (χ2v) is 5.51. The van der Waals surface area contributed by atoms with Crippen molar-refractivity contribution in [2.45, 2.75) is 26.3 Å². The Morgan fingerprint density at radius 1 is 1.45 bits per heavy atom. The molecule has 2 rings (SSSR count). The molecule has 0 aliphatic carbocycles. The predicted octanol–water partition coefficient (Wildman–Crippen LogP) is 1.74. The summed E-state index contributed by atoms with van der Waals surface area (Å²) in [6.45, 7) is 6.05.